The van der Waals surface area contributed by atoms with Gasteiger partial charge in [0.25, 0.3) is 11.8 Å². The summed E-state index contributed by atoms with van der Waals surface area (Å²) < 4.78 is 8.59. The number of hydrogen-bond donors (Lipinski definition) is 7. The second-order valence-electron chi connectivity index (χ2n) is 10.7. The molecule has 0 bridgehead atoms. The normalized spacial score (nSPS) is 14.4. The number of carboxylic acids is 1. The number of carboxylic acid groups (broad SMARTS) is 1. The van der Waals surface area contributed by atoms with Gasteiger partial charge in [-0.2, -0.15) is 11.0 Å². The second kappa shape index (κ2) is 19.9. The molecule has 53 heavy (non-hydrogen) atoms. The smallest absolute Gasteiger partial charge is 0.480 e. The Morgan fingerprint density at radius 3 is 2.04 bits per heavy atom. The minimum atomic E-state index is -1.22. The van der Waals surface area contributed by atoms with Crippen LogP contribution in [-0.2, 0) is 33.5 Å². The molecule has 1 fully saturated rings. The first-order valence-electron chi connectivity index (χ1n) is 15.6. The number of carbonyl (C=O) groups excluding carboxylic acids is 6. The van der Waals surface area contributed by atoms with Crippen molar-refractivity contribution in [2.75, 3.05) is 46.9 Å². The number of rotatable bonds is 12. The van der Waals surface area contributed by atoms with Crippen molar-refractivity contribution >= 4 is 65.2 Å². The van der Waals surface area contributed by atoms with Crippen LogP contribution < -0.4 is 33.1 Å². The predicted molar refractivity (Wildman–Crippen MR) is 182 cm³/mol. The third-order valence-corrected chi connectivity index (χ3v) is 7.12. The van der Waals surface area contributed by atoms with Crippen molar-refractivity contribution in [1.82, 2.24) is 31.4 Å². The Bertz CT molecular complexity index is 1730. The zero-order valence-corrected chi connectivity index (χ0v) is 28.5. The maximum absolute atomic E-state index is 13.3. The molecule has 1 atom stereocenters. The number of nitrogens with two attached hydrogens (primary N) is 2. The molecule has 2 aromatic carbocycles. The van der Waals surface area contributed by atoms with E-state index in [1.165, 1.54) is 41.3 Å². The molecule has 0 unspecified atom stereocenters. The van der Waals surface area contributed by atoms with Crippen molar-refractivity contribution in [2.45, 2.75) is 18.9 Å². The minimum Gasteiger partial charge on any atom is -0.480 e. The standard InChI is InChI=1S/C31H38N10O12/c1-50-30(48)52-38-28(32)36-20-10-8-18(9-11-20)25(45)35-16-23(42)41-14-13-40(17-24(43)44)27(47)22(41)7-4-12-34-26(46)19-5-3-6-21(15-19)37-29(33)39-53-31(49)51-2/h3,5-6,8-11,15,22H,4,7,12-14,16-17H2,1-2H3,(H,34,46)(H,35,45)(H,43,44)(H3,32,36,38)(H3,33,37,39)/t22-/m0/s1. The van der Waals surface area contributed by atoms with Crippen LogP contribution in [-0.4, -0.2) is 122 Å². The van der Waals surface area contributed by atoms with Gasteiger partial charge in [-0.1, -0.05) is 6.07 Å². The fourth-order valence-corrected chi connectivity index (χ4v) is 4.69. The van der Waals surface area contributed by atoms with Crippen molar-refractivity contribution in [1.29, 1.82) is 0 Å². The summed E-state index contributed by atoms with van der Waals surface area (Å²) in [5.41, 5.74) is 16.4. The number of nitrogens with one attached hydrogen (secondary N) is 4. The highest BCUT2D eigenvalue weighted by atomic mass is 16.8. The fraction of sp³-hybridized carbons (Fsp3) is 0.323. The summed E-state index contributed by atoms with van der Waals surface area (Å²) in [7, 11) is 2.21. The van der Waals surface area contributed by atoms with E-state index in [-0.39, 0.29) is 61.2 Å². The van der Waals surface area contributed by atoms with Crippen LogP contribution in [0.2, 0.25) is 0 Å². The number of carbonyl (C=O) groups is 7. The van der Waals surface area contributed by atoms with Crippen molar-refractivity contribution in [3.8, 4) is 0 Å². The van der Waals surface area contributed by atoms with Gasteiger partial charge < -0.3 is 56.2 Å². The molecule has 0 aliphatic carbocycles. The Morgan fingerprint density at radius 2 is 1.43 bits per heavy atom. The van der Waals surface area contributed by atoms with Gasteiger partial charge in [-0.15, -0.1) is 0 Å². The van der Waals surface area contributed by atoms with E-state index >= 15 is 0 Å². The van der Waals surface area contributed by atoms with E-state index in [2.05, 4.69) is 50.7 Å². The van der Waals surface area contributed by atoms with Gasteiger partial charge in [-0.25, -0.2) is 19.6 Å². The van der Waals surface area contributed by atoms with Crippen molar-refractivity contribution in [2.24, 2.45) is 21.5 Å². The van der Waals surface area contributed by atoms with E-state index in [1.807, 2.05) is 0 Å². The molecule has 0 spiro atoms. The van der Waals surface area contributed by atoms with Gasteiger partial charge >= 0.3 is 18.3 Å². The lowest BCUT2D eigenvalue weighted by Crippen LogP contribution is -2.60. The number of amides is 4. The van der Waals surface area contributed by atoms with Crippen LogP contribution in [0.5, 0.6) is 0 Å². The third-order valence-electron chi connectivity index (χ3n) is 7.12. The molecule has 22 heteroatoms. The molecule has 4 amide bonds. The largest absolute Gasteiger partial charge is 0.533 e. The average Bonchev–Trinajstić information content (AvgIpc) is 3.14. The average molecular weight is 743 g/mol. The number of guanidine groups is 2. The first kappa shape index (κ1) is 40.3. The summed E-state index contributed by atoms with van der Waals surface area (Å²) in [5, 5.41) is 14.5. The minimum absolute atomic E-state index is 0.0164. The van der Waals surface area contributed by atoms with Crippen molar-refractivity contribution < 1.29 is 57.8 Å². The van der Waals surface area contributed by atoms with Gasteiger partial charge in [-0.3, -0.25) is 24.0 Å². The first-order chi connectivity index (χ1) is 25.3. The molecule has 2 aromatic rings. The second-order valence-corrected chi connectivity index (χ2v) is 10.7. The molecule has 1 aliphatic rings. The number of hydrogen-bond acceptors (Lipinski definition) is 13. The van der Waals surface area contributed by atoms with E-state index in [1.54, 1.807) is 12.1 Å². The van der Waals surface area contributed by atoms with Gasteiger partial charge in [-0.05, 0) is 55.3 Å². The van der Waals surface area contributed by atoms with Crippen LogP contribution in [0.4, 0.5) is 21.0 Å². The highest BCUT2D eigenvalue weighted by Crippen LogP contribution is 2.18. The number of benzene rings is 2. The zero-order chi connectivity index (χ0) is 38.9. The Morgan fingerprint density at radius 1 is 0.830 bits per heavy atom. The van der Waals surface area contributed by atoms with Crippen LogP contribution in [0, 0.1) is 0 Å². The van der Waals surface area contributed by atoms with Gasteiger partial charge in [0.1, 0.15) is 12.6 Å². The van der Waals surface area contributed by atoms with Gasteiger partial charge in [0, 0.05) is 30.8 Å². The summed E-state index contributed by atoms with van der Waals surface area (Å²) in [5.74, 6) is -4.02. The molecule has 284 valence electrons. The lowest BCUT2D eigenvalue weighted by Gasteiger charge is -2.40. The molecule has 0 aromatic heterocycles. The molecule has 0 saturated carbocycles. The quantitative estimate of drug-likeness (QED) is 0.0461. The number of piperazine rings is 1. The monoisotopic (exact) mass is 742 g/mol. The number of hydroxylamine groups is 2. The van der Waals surface area contributed by atoms with Crippen LogP contribution in [0.25, 0.3) is 0 Å². The molecule has 1 aliphatic heterocycles. The predicted octanol–water partition coefficient (Wildman–Crippen LogP) is -0.782. The molecule has 22 nitrogen and oxygen atoms in total. The first-order valence-corrected chi connectivity index (χ1v) is 15.6. The Hall–Kier alpha value is -7.13. The third kappa shape index (κ3) is 12.9. The molecule has 9 N–H and O–H groups in total. The Labute approximate surface area is 301 Å². The fourth-order valence-electron chi connectivity index (χ4n) is 4.69. The molecular formula is C31H38N10O12. The molecule has 0 radical (unpaired) electrons. The van der Waals surface area contributed by atoms with Gasteiger partial charge in [0.05, 0.1) is 32.1 Å². The number of aliphatic carboxylic acids is 1. The van der Waals surface area contributed by atoms with E-state index < -0.39 is 61.0 Å². The van der Waals surface area contributed by atoms with Crippen LogP contribution in [0.15, 0.2) is 58.5 Å². The van der Waals surface area contributed by atoms with Crippen LogP contribution >= 0.6 is 0 Å². The molecule has 3 rings (SSSR count). The lowest BCUT2D eigenvalue weighted by molar-refractivity contribution is -0.155. The van der Waals surface area contributed by atoms with Crippen molar-refractivity contribution in [3.63, 3.8) is 0 Å². The molecule has 1 saturated heterocycles. The number of methoxy groups -OCH3 is 2. The molecular weight excluding hydrogens is 704 g/mol. The number of ether oxygens (including phenoxy) is 2. The van der Waals surface area contributed by atoms with E-state index in [4.69, 9.17) is 11.5 Å². The summed E-state index contributed by atoms with van der Waals surface area (Å²) in [4.78, 5) is 105. The maximum atomic E-state index is 13.3. The number of aliphatic imine (C=N–C) groups is 2. The highest BCUT2D eigenvalue weighted by Gasteiger charge is 2.37. The van der Waals surface area contributed by atoms with Gasteiger partial charge in [0.2, 0.25) is 23.7 Å². The zero-order valence-electron chi connectivity index (χ0n) is 28.5. The molecule has 1 heterocycles. The Kier molecular flexibility index (Phi) is 15.1. The number of nitrogens with zero attached hydrogens (tertiary/aromatic N) is 4. The van der Waals surface area contributed by atoms with Crippen molar-refractivity contribution in [3.05, 3.63) is 59.7 Å². The summed E-state index contributed by atoms with van der Waals surface area (Å²) in [6, 6.07) is 10.7. The summed E-state index contributed by atoms with van der Waals surface area (Å²) in [6.07, 6.45) is -1.78. The van der Waals surface area contributed by atoms with E-state index in [9.17, 15) is 38.7 Å². The summed E-state index contributed by atoms with van der Waals surface area (Å²) >= 11 is 0. The van der Waals surface area contributed by atoms with E-state index in [0.717, 1.165) is 19.1 Å². The lowest BCUT2D eigenvalue weighted by atomic mass is 10.0. The van der Waals surface area contributed by atoms with Crippen LogP contribution in [0.3, 0.4) is 0 Å². The Balaban J connectivity index is 1.57. The SMILES string of the molecule is COC(=O)ONC(N)=Nc1ccc(C(=O)NCC(=O)N2CCN(CC(=O)O)C(=O)[C@@H]2CCCNC(=O)c2cccc(N=C(N)NOC(=O)OC)c2)cc1. The summed E-state index contributed by atoms with van der Waals surface area (Å²) in [6.45, 7) is -0.949. The highest BCUT2D eigenvalue weighted by molar-refractivity contribution is 5.98. The van der Waals surface area contributed by atoms with Crippen LogP contribution in [0.1, 0.15) is 33.6 Å². The van der Waals surface area contributed by atoms with Gasteiger partial charge in [0.15, 0.2) is 0 Å². The maximum Gasteiger partial charge on any atom is 0.533 e. The van der Waals surface area contributed by atoms with E-state index in [0.29, 0.717) is 5.69 Å². The topological polar surface area (TPSA) is 308 Å².